The van der Waals surface area contributed by atoms with Gasteiger partial charge in [-0.15, -0.1) is 0 Å². The Bertz CT molecular complexity index is 890. The number of nitrogens with one attached hydrogen (secondary N) is 1. The Morgan fingerprint density at radius 1 is 1.42 bits per heavy atom. The van der Waals surface area contributed by atoms with E-state index < -0.39 is 11.9 Å². The van der Waals surface area contributed by atoms with E-state index in [1.165, 1.54) is 18.3 Å². The largest absolute Gasteiger partial charge is 0.349 e. The summed E-state index contributed by atoms with van der Waals surface area (Å²) in [5.41, 5.74) is 8.14. The highest BCUT2D eigenvalue weighted by Gasteiger charge is 2.15. The molecule has 0 radical (unpaired) electrons. The minimum atomic E-state index is -0.589. The maximum Gasteiger partial charge on any atom is 0.272 e. The fourth-order valence-electron chi connectivity index (χ4n) is 2.41. The molecule has 1 aromatic carbocycles. The number of aryl methyl sites for hydroxylation is 1. The summed E-state index contributed by atoms with van der Waals surface area (Å²) in [4.78, 5) is 16.5. The molecule has 24 heavy (non-hydrogen) atoms. The molecule has 0 aliphatic rings. The van der Waals surface area contributed by atoms with E-state index in [0.717, 1.165) is 5.69 Å². The van der Waals surface area contributed by atoms with Crippen LogP contribution in [0.3, 0.4) is 0 Å². The molecule has 2 aromatic heterocycles. The van der Waals surface area contributed by atoms with E-state index >= 15 is 0 Å². The molecular formula is C16H15ClFN5O. The number of benzene rings is 1. The maximum atomic E-state index is 13.4. The number of halogens is 2. The fraction of sp³-hybridized carbons (Fsp3) is 0.188. The molecule has 0 saturated heterocycles. The van der Waals surface area contributed by atoms with Crippen molar-refractivity contribution in [2.75, 3.05) is 6.54 Å². The molecule has 1 unspecified atom stereocenters. The van der Waals surface area contributed by atoms with Crippen molar-refractivity contribution >= 4 is 23.0 Å². The molecule has 1 amide bonds. The molecule has 1 atom stereocenters. The Balaban J connectivity index is 1.74. The first-order chi connectivity index (χ1) is 11.4. The number of aromatic nitrogens is 3. The number of carbonyl (C=O) groups excluding carboxylic acids is 1. The summed E-state index contributed by atoms with van der Waals surface area (Å²) in [6, 6.07) is 5.24. The van der Waals surface area contributed by atoms with E-state index in [9.17, 15) is 9.18 Å². The minimum Gasteiger partial charge on any atom is -0.349 e. The molecule has 3 N–H and O–H groups in total. The van der Waals surface area contributed by atoms with Crippen LogP contribution in [0.15, 0.2) is 36.7 Å². The summed E-state index contributed by atoms with van der Waals surface area (Å²) in [5, 5.41) is 7.20. The van der Waals surface area contributed by atoms with Crippen LogP contribution in [0.25, 0.3) is 5.52 Å². The smallest absolute Gasteiger partial charge is 0.272 e. The SMILES string of the molecule is Cc1cc2c(C(=O)NCC(N)c3cc(F)cc(Cl)c3)nccn2n1. The van der Waals surface area contributed by atoms with E-state index in [2.05, 4.69) is 15.4 Å². The van der Waals surface area contributed by atoms with Gasteiger partial charge in [0.05, 0.1) is 11.2 Å². The molecule has 0 saturated carbocycles. The first-order valence-corrected chi connectivity index (χ1v) is 7.62. The standard InChI is InChI=1S/C16H15ClFN5O/c1-9-4-14-15(20-2-3-23(14)22-9)16(24)21-8-13(19)10-5-11(17)7-12(18)6-10/h2-7,13H,8,19H2,1H3,(H,21,24). The molecule has 2 heterocycles. The van der Waals surface area contributed by atoms with Crippen LogP contribution in [0.4, 0.5) is 4.39 Å². The predicted molar refractivity (Wildman–Crippen MR) is 88.4 cm³/mol. The van der Waals surface area contributed by atoms with Crippen molar-refractivity contribution in [1.29, 1.82) is 0 Å². The average molecular weight is 348 g/mol. The number of hydrogen-bond acceptors (Lipinski definition) is 4. The molecule has 6 nitrogen and oxygen atoms in total. The molecule has 0 spiro atoms. The van der Waals surface area contributed by atoms with Gasteiger partial charge in [-0.3, -0.25) is 4.79 Å². The topological polar surface area (TPSA) is 85.3 Å². The first-order valence-electron chi connectivity index (χ1n) is 7.25. The highest BCUT2D eigenvalue weighted by molar-refractivity contribution is 6.30. The van der Waals surface area contributed by atoms with Crippen LogP contribution >= 0.6 is 11.6 Å². The predicted octanol–water partition coefficient (Wildman–Crippen LogP) is 2.26. The molecule has 8 heteroatoms. The van der Waals surface area contributed by atoms with Crippen LogP contribution in [0, 0.1) is 12.7 Å². The van der Waals surface area contributed by atoms with Crippen LogP contribution in [-0.2, 0) is 0 Å². The zero-order chi connectivity index (χ0) is 17.3. The van der Waals surface area contributed by atoms with Gasteiger partial charge in [0.1, 0.15) is 5.82 Å². The highest BCUT2D eigenvalue weighted by Crippen LogP contribution is 2.18. The van der Waals surface area contributed by atoms with Crippen LogP contribution in [0.1, 0.15) is 27.8 Å². The number of amides is 1. The Labute approximate surface area is 142 Å². The summed E-state index contributed by atoms with van der Waals surface area (Å²) in [6.45, 7) is 1.95. The summed E-state index contributed by atoms with van der Waals surface area (Å²) < 4.78 is 15.0. The third-order valence-corrected chi connectivity index (χ3v) is 3.74. The van der Waals surface area contributed by atoms with E-state index in [1.54, 1.807) is 22.8 Å². The summed E-state index contributed by atoms with van der Waals surface area (Å²) in [5.74, 6) is -0.848. The van der Waals surface area contributed by atoms with Gasteiger partial charge in [0.15, 0.2) is 5.69 Å². The fourth-order valence-corrected chi connectivity index (χ4v) is 2.64. The third-order valence-electron chi connectivity index (χ3n) is 3.52. The average Bonchev–Trinajstić information content (AvgIpc) is 2.91. The maximum absolute atomic E-state index is 13.4. The van der Waals surface area contributed by atoms with Gasteiger partial charge in [0.25, 0.3) is 5.91 Å². The number of rotatable bonds is 4. The van der Waals surface area contributed by atoms with Crippen molar-refractivity contribution in [3.8, 4) is 0 Å². The summed E-state index contributed by atoms with van der Waals surface area (Å²) >= 11 is 5.82. The lowest BCUT2D eigenvalue weighted by atomic mass is 10.1. The number of carbonyl (C=O) groups is 1. The molecular weight excluding hydrogens is 333 g/mol. The number of hydrogen-bond donors (Lipinski definition) is 2. The lowest BCUT2D eigenvalue weighted by Crippen LogP contribution is -2.32. The van der Waals surface area contributed by atoms with Gasteiger partial charge < -0.3 is 11.1 Å². The van der Waals surface area contributed by atoms with Crippen molar-refractivity contribution < 1.29 is 9.18 Å². The van der Waals surface area contributed by atoms with E-state index in [0.29, 0.717) is 11.1 Å². The number of nitrogens with zero attached hydrogens (tertiary/aromatic N) is 3. The monoisotopic (exact) mass is 347 g/mol. The zero-order valence-corrected chi connectivity index (χ0v) is 13.6. The molecule has 3 rings (SSSR count). The van der Waals surface area contributed by atoms with E-state index in [-0.39, 0.29) is 23.2 Å². The quantitative estimate of drug-likeness (QED) is 0.758. The Hall–Kier alpha value is -2.51. The Morgan fingerprint density at radius 3 is 2.96 bits per heavy atom. The second kappa shape index (κ2) is 6.54. The molecule has 0 bridgehead atoms. The zero-order valence-electron chi connectivity index (χ0n) is 12.8. The molecule has 3 aromatic rings. The molecule has 124 valence electrons. The van der Waals surface area contributed by atoms with Gasteiger partial charge in [0.2, 0.25) is 0 Å². The van der Waals surface area contributed by atoms with Gasteiger partial charge in [0, 0.05) is 30.0 Å². The normalized spacial score (nSPS) is 12.3. The van der Waals surface area contributed by atoms with Crippen LogP contribution in [0.2, 0.25) is 5.02 Å². The lowest BCUT2D eigenvalue weighted by molar-refractivity contribution is 0.0947. The Morgan fingerprint density at radius 2 is 2.21 bits per heavy atom. The number of fused-ring (bicyclic) bond motifs is 1. The van der Waals surface area contributed by atoms with Gasteiger partial charge in [-0.25, -0.2) is 13.9 Å². The van der Waals surface area contributed by atoms with Crippen molar-refractivity contribution in [2.45, 2.75) is 13.0 Å². The summed E-state index contributed by atoms with van der Waals surface area (Å²) in [7, 11) is 0. The van der Waals surface area contributed by atoms with Crippen molar-refractivity contribution in [3.05, 3.63) is 64.5 Å². The van der Waals surface area contributed by atoms with Gasteiger partial charge in [-0.2, -0.15) is 5.10 Å². The lowest BCUT2D eigenvalue weighted by Gasteiger charge is -2.14. The first kappa shape index (κ1) is 16.4. The van der Waals surface area contributed by atoms with Crippen LogP contribution < -0.4 is 11.1 Å². The second-order valence-corrected chi connectivity index (χ2v) is 5.85. The van der Waals surface area contributed by atoms with Crippen molar-refractivity contribution in [2.24, 2.45) is 5.73 Å². The van der Waals surface area contributed by atoms with E-state index in [1.807, 2.05) is 6.92 Å². The minimum absolute atomic E-state index is 0.120. The molecule has 0 aliphatic carbocycles. The van der Waals surface area contributed by atoms with Crippen LogP contribution in [-0.4, -0.2) is 27.0 Å². The van der Waals surface area contributed by atoms with E-state index in [4.69, 9.17) is 17.3 Å². The Kier molecular flexibility index (Phi) is 4.46. The van der Waals surface area contributed by atoms with Crippen LogP contribution in [0.5, 0.6) is 0 Å². The molecule has 0 aliphatic heterocycles. The number of nitrogens with two attached hydrogens (primary N) is 1. The highest BCUT2D eigenvalue weighted by atomic mass is 35.5. The third kappa shape index (κ3) is 3.37. The van der Waals surface area contributed by atoms with Gasteiger partial charge >= 0.3 is 0 Å². The summed E-state index contributed by atoms with van der Waals surface area (Å²) in [6.07, 6.45) is 3.17. The van der Waals surface area contributed by atoms with Crippen molar-refractivity contribution in [1.82, 2.24) is 19.9 Å². The van der Waals surface area contributed by atoms with Crippen molar-refractivity contribution in [3.63, 3.8) is 0 Å². The second-order valence-electron chi connectivity index (χ2n) is 5.41. The van der Waals surface area contributed by atoms with Gasteiger partial charge in [-0.1, -0.05) is 11.6 Å². The molecule has 0 fully saturated rings. The van der Waals surface area contributed by atoms with Gasteiger partial charge in [-0.05, 0) is 36.8 Å².